The summed E-state index contributed by atoms with van der Waals surface area (Å²) in [7, 11) is 0. The number of rotatable bonds is 1. The first kappa shape index (κ1) is 14.5. The maximum Gasteiger partial charge on any atom is 0.0116 e. The molecular weight excluding hydrogens is 219 g/mol. The standard InChI is InChI=1S/C10H20N2.2ClH/c1-7(2)12-9-3-4-10(12)6-8(11)5-9;;/h7-10H,3-6,11H2,1-2H3;2*1H/t8?,9-,10+;;. The molecule has 3 atom stereocenters. The van der Waals surface area contributed by atoms with Crippen LogP contribution in [0, 0.1) is 0 Å². The highest BCUT2D eigenvalue weighted by molar-refractivity contribution is 5.85. The first-order chi connectivity index (χ1) is 5.68. The van der Waals surface area contributed by atoms with Gasteiger partial charge in [0.05, 0.1) is 0 Å². The van der Waals surface area contributed by atoms with Gasteiger partial charge in [-0.1, -0.05) is 0 Å². The van der Waals surface area contributed by atoms with Crippen molar-refractivity contribution in [3.05, 3.63) is 0 Å². The minimum absolute atomic E-state index is 0. The van der Waals surface area contributed by atoms with E-state index in [9.17, 15) is 0 Å². The lowest BCUT2D eigenvalue weighted by molar-refractivity contribution is 0.0938. The third kappa shape index (κ3) is 2.54. The molecule has 0 aromatic heterocycles. The fourth-order valence-corrected chi connectivity index (χ4v) is 3.10. The SMILES string of the molecule is CC(C)N1[C@@H]2CC[C@H]1CC(N)C2.Cl.Cl. The highest BCUT2D eigenvalue weighted by Crippen LogP contribution is 2.36. The van der Waals surface area contributed by atoms with E-state index in [-0.39, 0.29) is 24.8 Å². The van der Waals surface area contributed by atoms with E-state index in [1.54, 1.807) is 0 Å². The molecule has 1 unspecified atom stereocenters. The van der Waals surface area contributed by atoms with Crippen molar-refractivity contribution in [2.75, 3.05) is 0 Å². The van der Waals surface area contributed by atoms with Crippen LogP contribution in [-0.2, 0) is 0 Å². The number of fused-ring (bicyclic) bond motifs is 2. The molecule has 2 N–H and O–H groups in total. The topological polar surface area (TPSA) is 29.3 Å². The zero-order valence-corrected chi connectivity index (χ0v) is 10.6. The predicted octanol–water partition coefficient (Wildman–Crippen LogP) is 2.19. The predicted molar refractivity (Wildman–Crippen MR) is 65.5 cm³/mol. The van der Waals surface area contributed by atoms with Crippen LogP contribution in [0.25, 0.3) is 0 Å². The van der Waals surface area contributed by atoms with E-state index in [0.29, 0.717) is 6.04 Å². The Kier molecular flexibility index (Phi) is 5.75. The lowest BCUT2D eigenvalue weighted by Gasteiger charge is -2.40. The van der Waals surface area contributed by atoms with E-state index in [0.717, 1.165) is 18.1 Å². The molecule has 2 rings (SSSR count). The Labute approximate surface area is 99.4 Å². The van der Waals surface area contributed by atoms with Gasteiger partial charge in [0, 0.05) is 24.2 Å². The van der Waals surface area contributed by atoms with Crippen molar-refractivity contribution in [3.63, 3.8) is 0 Å². The van der Waals surface area contributed by atoms with Gasteiger partial charge in [0.15, 0.2) is 0 Å². The quantitative estimate of drug-likeness (QED) is 0.762. The Morgan fingerprint density at radius 3 is 1.86 bits per heavy atom. The molecule has 0 amide bonds. The third-order valence-corrected chi connectivity index (χ3v) is 3.42. The molecule has 14 heavy (non-hydrogen) atoms. The molecule has 2 saturated heterocycles. The summed E-state index contributed by atoms with van der Waals surface area (Å²) in [6, 6.07) is 2.81. The molecule has 0 radical (unpaired) electrons. The van der Waals surface area contributed by atoms with E-state index in [4.69, 9.17) is 5.73 Å². The fraction of sp³-hybridized carbons (Fsp3) is 1.00. The van der Waals surface area contributed by atoms with E-state index < -0.39 is 0 Å². The highest BCUT2D eigenvalue weighted by Gasteiger charge is 2.40. The van der Waals surface area contributed by atoms with Gasteiger partial charge in [0.1, 0.15) is 0 Å². The maximum atomic E-state index is 5.99. The molecule has 4 heteroatoms. The van der Waals surface area contributed by atoms with Crippen LogP contribution in [0.1, 0.15) is 39.5 Å². The number of piperidine rings is 1. The summed E-state index contributed by atoms with van der Waals surface area (Å²) in [6.07, 6.45) is 5.23. The van der Waals surface area contributed by atoms with Crippen LogP contribution in [0.4, 0.5) is 0 Å². The molecule has 2 aliphatic heterocycles. The first-order valence-electron chi connectivity index (χ1n) is 5.21. The van der Waals surface area contributed by atoms with Gasteiger partial charge in [0.25, 0.3) is 0 Å². The molecular formula is C10H22Cl2N2. The van der Waals surface area contributed by atoms with Crippen molar-refractivity contribution in [2.24, 2.45) is 5.73 Å². The highest BCUT2D eigenvalue weighted by atomic mass is 35.5. The number of hydrogen-bond acceptors (Lipinski definition) is 2. The van der Waals surface area contributed by atoms with Crippen LogP contribution in [0.15, 0.2) is 0 Å². The zero-order chi connectivity index (χ0) is 8.72. The summed E-state index contributed by atoms with van der Waals surface area (Å²) < 4.78 is 0. The van der Waals surface area contributed by atoms with Gasteiger partial charge in [-0.2, -0.15) is 0 Å². The lowest BCUT2D eigenvalue weighted by Crippen LogP contribution is -2.50. The summed E-state index contributed by atoms with van der Waals surface area (Å²) in [6.45, 7) is 4.62. The second-order valence-electron chi connectivity index (χ2n) is 4.66. The van der Waals surface area contributed by atoms with Crippen molar-refractivity contribution in [1.29, 1.82) is 0 Å². The normalized spacial score (nSPS) is 36.4. The van der Waals surface area contributed by atoms with Crippen LogP contribution in [-0.4, -0.2) is 29.1 Å². The van der Waals surface area contributed by atoms with Crippen molar-refractivity contribution in [3.8, 4) is 0 Å². The van der Waals surface area contributed by atoms with Crippen LogP contribution in [0.2, 0.25) is 0 Å². The fourth-order valence-electron chi connectivity index (χ4n) is 3.10. The van der Waals surface area contributed by atoms with Gasteiger partial charge >= 0.3 is 0 Å². The molecule has 0 aromatic carbocycles. The summed E-state index contributed by atoms with van der Waals surface area (Å²) in [5.74, 6) is 0. The van der Waals surface area contributed by atoms with E-state index in [2.05, 4.69) is 18.7 Å². The molecule has 2 fully saturated rings. The molecule has 0 spiro atoms. The molecule has 2 heterocycles. The number of nitrogens with zero attached hydrogens (tertiary/aromatic N) is 1. The minimum atomic E-state index is 0. The average Bonchev–Trinajstić information content (AvgIpc) is 2.24. The minimum Gasteiger partial charge on any atom is -0.328 e. The average molecular weight is 241 g/mol. The van der Waals surface area contributed by atoms with Gasteiger partial charge in [-0.05, 0) is 39.5 Å². The molecule has 2 nitrogen and oxygen atoms in total. The van der Waals surface area contributed by atoms with Gasteiger partial charge in [0.2, 0.25) is 0 Å². The van der Waals surface area contributed by atoms with Gasteiger partial charge in [-0.15, -0.1) is 24.8 Å². The van der Waals surface area contributed by atoms with Crippen molar-refractivity contribution < 1.29 is 0 Å². The Balaban J connectivity index is 0.000000845. The monoisotopic (exact) mass is 240 g/mol. The van der Waals surface area contributed by atoms with Gasteiger partial charge in [-0.25, -0.2) is 0 Å². The van der Waals surface area contributed by atoms with E-state index in [1.165, 1.54) is 25.7 Å². The van der Waals surface area contributed by atoms with E-state index in [1.807, 2.05) is 0 Å². The smallest absolute Gasteiger partial charge is 0.0116 e. The number of nitrogens with two attached hydrogens (primary N) is 1. The van der Waals surface area contributed by atoms with Crippen molar-refractivity contribution in [2.45, 2.75) is 63.7 Å². The van der Waals surface area contributed by atoms with Crippen LogP contribution in [0.5, 0.6) is 0 Å². The molecule has 0 aromatic rings. The summed E-state index contributed by atoms with van der Waals surface area (Å²) in [5, 5.41) is 0. The van der Waals surface area contributed by atoms with Gasteiger partial charge in [-0.3, -0.25) is 4.90 Å². The second-order valence-corrected chi connectivity index (χ2v) is 4.66. The van der Waals surface area contributed by atoms with Crippen LogP contribution in [0.3, 0.4) is 0 Å². The van der Waals surface area contributed by atoms with Crippen molar-refractivity contribution >= 4 is 24.8 Å². The molecule has 2 bridgehead atoms. The maximum absolute atomic E-state index is 5.99. The van der Waals surface area contributed by atoms with Gasteiger partial charge < -0.3 is 5.73 Å². The zero-order valence-electron chi connectivity index (χ0n) is 8.98. The number of halogens is 2. The van der Waals surface area contributed by atoms with Crippen LogP contribution < -0.4 is 5.73 Å². The summed E-state index contributed by atoms with van der Waals surface area (Å²) in [4.78, 5) is 2.68. The summed E-state index contributed by atoms with van der Waals surface area (Å²) >= 11 is 0. The Morgan fingerprint density at radius 1 is 1.07 bits per heavy atom. The Hall–Kier alpha value is 0.500. The largest absolute Gasteiger partial charge is 0.328 e. The molecule has 0 saturated carbocycles. The Bertz CT molecular complexity index is 162. The number of hydrogen-bond donors (Lipinski definition) is 1. The first-order valence-corrected chi connectivity index (χ1v) is 5.21. The van der Waals surface area contributed by atoms with Crippen LogP contribution >= 0.6 is 24.8 Å². The van der Waals surface area contributed by atoms with Crippen molar-refractivity contribution in [1.82, 2.24) is 4.90 Å². The third-order valence-electron chi connectivity index (χ3n) is 3.42. The molecule has 0 aliphatic carbocycles. The Morgan fingerprint density at radius 2 is 1.50 bits per heavy atom. The lowest BCUT2D eigenvalue weighted by atomic mass is 9.97. The molecule has 86 valence electrons. The molecule has 2 aliphatic rings. The second kappa shape index (κ2) is 5.55. The van der Waals surface area contributed by atoms with E-state index >= 15 is 0 Å². The summed E-state index contributed by atoms with van der Waals surface area (Å²) in [5.41, 5.74) is 5.99.